The van der Waals surface area contributed by atoms with Gasteiger partial charge in [0, 0.05) is 18.9 Å². The van der Waals surface area contributed by atoms with E-state index in [2.05, 4.69) is 9.71 Å². The monoisotopic (exact) mass is 466 g/mol. The van der Waals surface area contributed by atoms with Gasteiger partial charge >= 0.3 is 0 Å². The number of aromatic nitrogens is 1. The summed E-state index contributed by atoms with van der Waals surface area (Å²) in [4.78, 5) is 3.63. The van der Waals surface area contributed by atoms with E-state index in [0.29, 0.717) is 0 Å². The second-order valence-corrected chi connectivity index (χ2v) is 10.9. The molecule has 0 radical (unpaired) electrons. The highest BCUT2D eigenvalue weighted by Crippen LogP contribution is 2.30. The number of pyridine rings is 1. The molecule has 3 aromatic rings. The van der Waals surface area contributed by atoms with Crippen molar-refractivity contribution in [2.24, 2.45) is 0 Å². The fourth-order valence-corrected chi connectivity index (χ4v) is 6.21. The lowest BCUT2D eigenvalue weighted by Crippen LogP contribution is -2.32. The Labute approximate surface area is 179 Å². The van der Waals surface area contributed by atoms with Gasteiger partial charge in [-0.25, -0.2) is 30.3 Å². The van der Waals surface area contributed by atoms with E-state index < -0.39 is 43.3 Å². The van der Waals surface area contributed by atoms with Crippen molar-refractivity contribution in [3.05, 3.63) is 89.2 Å². The van der Waals surface area contributed by atoms with Crippen molar-refractivity contribution < 1.29 is 25.6 Å². The number of hydrogen-bond acceptors (Lipinski definition) is 5. The summed E-state index contributed by atoms with van der Waals surface area (Å²) in [7, 11) is -8.24. The average Bonchev–Trinajstić information content (AvgIpc) is 2.70. The molecule has 0 unspecified atom stereocenters. The molecule has 0 saturated carbocycles. The lowest BCUT2D eigenvalue weighted by molar-refractivity contribution is 0.567. The number of nitrogens with zero attached hydrogens (tertiary/aromatic N) is 1. The summed E-state index contributed by atoms with van der Waals surface area (Å²) < 4.78 is 81.5. The van der Waals surface area contributed by atoms with E-state index in [1.165, 1.54) is 44.4 Å². The van der Waals surface area contributed by atoms with Crippen molar-refractivity contribution in [1.29, 1.82) is 0 Å². The Hall–Kier alpha value is -2.69. The molecule has 0 aliphatic heterocycles. The summed E-state index contributed by atoms with van der Waals surface area (Å²) in [6.07, 6.45) is 2.79. The van der Waals surface area contributed by atoms with Crippen LogP contribution in [0.4, 0.5) is 8.78 Å². The number of hydrogen-bond donors (Lipinski definition) is 1. The minimum absolute atomic E-state index is 0.141. The van der Waals surface area contributed by atoms with Gasteiger partial charge in [-0.3, -0.25) is 4.98 Å². The first-order valence-electron chi connectivity index (χ1n) is 9.18. The van der Waals surface area contributed by atoms with Crippen LogP contribution in [-0.4, -0.2) is 28.4 Å². The van der Waals surface area contributed by atoms with Crippen LogP contribution in [0.3, 0.4) is 0 Å². The topological polar surface area (TPSA) is 93.2 Å². The summed E-state index contributed by atoms with van der Waals surface area (Å²) in [5.74, 6) is -1.14. The van der Waals surface area contributed by atoms with E-state index in [1.54, 1.807) is 0 Å². The zero-order valence-corrected chi connectivity index (χ0v) is 18.3. The Morgan fingerprint density at radius 1 is 0.968 bits per heavy atom. The molecule has 31 heavy (non-hydrogen) atoms. The average molecular weight is 467 g/mol. The van der Waals surface area contributed by atoms with Crippen LogP contribution in [0.1, 0.15) is 21.9 Å². The lowest BCUT2D eigenvalue weighted by atomic mass is 10.2. The summed E-state index contributed by atoms with van der Waals surface area (Å²) in [6, 6.07) is 9.64. The van der Waals surface area contributed by atoms with Crippen LogP contribution < -0.4 is 4.72 Å². The molecule has 0 spiro atoms. The minimum atomic E-state index is -4.13. The molecule has 0 aliphatic rings. The second-order valence-electron chi connectivity index (χ2n) is 6.99. The van der Waals surface area contributed by atoms with E-state index in [1.807, 2.05) is 0 Å². The van der Waals surface area contributed by atoms with Gasteiger partial charge in [0.2, 0.25) is 10.0 Å². The molecule has 10 heteroatoms. The van der Waals surface area contributed by atoms with Crippen molar-refractivity contribution in [2.75, 3.05) is 6.54 Å². The molecule has 0 aliphatic carbocycles. The molecule has 2 aromatic carbocycles. The third-order valence-electron chi connectivity index (χ3n) is 4.77. The highest BCUT2D eigenvalue weighted by Gasteiger charge is 2.31. The summed E-state index contributed by atoms with van der Waals surface area (Å²) in [5.41, 5.74) is 0.596. The van der Waals surface area contributed by atoms with Crippen molar-refractivity contribution in [3.63, 3.8) is 0 Å². The number of sulfonamides is 1. The van der Waals surface area contributed by atoms with Crippen LogP contribution in [0.25, 0.3) is 0 Å². The zero-order valence-electron chi connectivity index (χ0n) is 16.7. The molecule has 1 N–H and O–H groups in total. The van der Waals surface area contributed by atoms with Crippen LogP contribution in [0.2, 0.25) is 0 Å². The smallest absolute Gasteiger partial charge is 0.240 e. The Morgan fingerprint density at radius 3 is 2.32 bits per heavy atom. The number of nitrogens with one attached hydrogen (secondary N) is 1. The van der Waals surface area contributed by atoms with Crippen molar-refractivity contribution >= 4 is 19.9 Å². The Bertz CT molecular complexity index is 1310. The lowest BCUT2D eigenvalue weighted by Gasteiger charge is -2.19. The molecular formula is C21H20F2N2O4S2. The van der Waals surface area contributed by atoms with Crippen LogP contribution in [0.15, 0.2) is 70.7 Å². The zero-order chi connectivity index (χ0) is 22.8. The van der Waals surface area contributed by atoms with Crippen LogP contribution >= 0.6 is 0 Å². The molecule has 1 atom stereocenters. The predicted molar refractivity (Wildman–Crippen MR) is 112 cm³/mol. The summed E-state index contributed by atoms with van der Waals surface area (Å²) >= 11 is 0. The number of rotatable bonds is 7. The maximum Gasteiger partial charge on any atom is 0.240 e. The maximum absolute atomic E-state index is 13.6. The van der Waals surface area contributed by atoms with Gasteiger partial charge in [0.25, 0.3) is 0 Å². The normalized spacial score (nSPS) is 13.2. The van der Waals surface area contributed by atoms with E-state index in [9.17, 15) is 25.6 Å². The van der Waals surface area contributed by atoms with Gasteiger partial charge in [-0.15, -0.1) is 0 Å². The predicted octanol–water partition coefficient (Wildman–Crippen LogP) is 3.47. The number of aryl methyl sites for hydroxylation is 2. The first-order valence-corrected chi connectivity index (χ1v) is 12.2. The molecular weight excluding hydrogens is 446 g/mol. The van der Waals surface area contributed by atoms with Crippen molar-refractivity contribution in [2.45, 2.75) is 28.9 Å². The third-order valence-corrected chi connectivity index (χ3v) is 8.46. The minimum Gasteiger partial charge on any atom is -0.264 e. The van der Waals surface area contributed by atoms with Gasteiger partial charge in [0.15, 0.2) is 9.84 Å². The molecule has 1 aromatic heterocycles. The molecule has 0 bridgehead atoms. The molecule has 0 amide bonds. The van der Waals surface area contributed by atoms with Crippen molar-refractivity contribution in [3.8, 4) is 0 Å². The summed E-state index contributed by atoms with van der Waals surface area (Å²) in [6.45, 7) is 2.38. The standard InChI is InChI=1S/C21H20F2N2O4S2/c1-14-11-18(6-7-19(14)23)30(26,27)21(16-4-3-9-24-12-16)13-25-31(28,29)20-8-5-17(22)10-15(20)2/h3-12,21,25H,13H2,1-2H3/t21-/m0/s1. The largest absolute Gasteiger partial charge is 0.264 e. The number of benzene rings is 2. The molecule has 3 rings (SSSR count). The fraction of sp³-hybridized carbons (Fsp3) is 0.190. The van der Waals surface area contributed by atoms with Gasteiger partial charge in [0.1, 0.15) is 16.9 Å². The maximum atomic E-state index is 13.6. The number of halogens is 2. The molecule has 0 saturated heterocycles. The summed E-state index contributed by atoms with van der Waals surface area (Å²) in [5, 5.41) is -1.32. The van der Waals surface area contributed by atoms with Gasteiger partial charge < -0.3 is 0 Å². The molecule has 1 heterocycles. The SMILES string of the molecule is Cc1cc(S(=O)(=O)[C@@H](CNS(=O)(=O)c2ccc(F)cc2C)c2cccnc2)ccc1F. The van der Waals surface area contributed by atoms with Crippen LogP contribution in [0, 0.1) is 25.5 Å². The Balaban J connectivity index is 2.00. The van der Waals surface area contributed by atoms with E-state index in [4.69, 9.17) is 0 Å². The molecule has 0 fully saturated rings. The van der Waals surface area contributed by atoms with E-state index in [-0.39, 0.29) is 26.5 Å². The van der Waals surface area contributed by atoms with Gasteiger partial charge in [0.05, 0.1) is 9.79 Å². The van der Waals surface area contributed by atoms with Gasteiger partial charge in [-0.1, -0.05) is 6.07 Å². The third kappa shape index (κ3) is 4.97. The van der Waals surface area contributed by atoms with Crippen molar-refractivity contribution in [1.82, 2.24) is 9.71 Å². The first-order chi connectivity index (χ1) is 14.5. The fourth-order valence-electron chi connectivity index (χ4n) is 3.11. The van der Waals surface area contributed by atoms with E-state index >= 15 is 0 Å². The highest BCUT2D eigenvalue weighted by atomic mass is 32.2. The second kappa shape index (κ2) is 8.81. The Kier molecular flexibility index (Phi) is 6.54. The quantitative estimate of drug-likeness (QED) is 0.538. The molecule has 164 valence electrons. The van der Waals surface area contributed by atoms with Gasteiger partial charge in [-0.2, -0.15) is 0 Å². The highest BCUT2D eigenvalue weighted by molar-refractivity contribution is 7.92. The Morgan fingerprint density at radius 2 is 1.71 bits per heavy atom. The number of sulfone groups is 1. The van der Waals surface area contributed by atoms with E-state index in [0.717, 1.165) is 30.3 Å². The first kappa shape index (κ1) is 23.0. The molecule has 6 nitrogen and oxygen atoms in total. The van der Waals surface area contributed by atoms with Gasteiger partial charge in [-0.05, 0) is 73.0 Å². The van der Waals surface area contributed by atoms with Crippen LogP contribution in [-0.2, 0) is 19.9 Å². The van der Waals surface area contributed by atoms with Crippen LogP contribution in [0.5, 0.6) is 0 Å².